The highest BCUT2D eigenvalue weighted by Crippen LogP contribution is 2.30. The molecule has 0 atom stereocenters. The lowest BCUT2D eigenvalue weighted by molar-refractivity contribution is -0.145. The molecule has 4 rings (SSSR count). The van der Waals surface area contributed by atoms with E-state index in [2.05, 4.69) is 27.8 Å². The summed E-state index contributed by atoms with van der Waals surface area (Å²) in [6.45, 7) is 7.35. The maximum Gasteiger partial charge on any atom is 0.260 e. The largest absolute Gasteiger partial charge is 0.365 e. The molecule has 0 spiro atoms. The molecular formula is C28H35N7O3S. The van der Waals surface area contributed by atoms with E-state index in [1.165, 1.54) is 28.7 Å². The number of nitrogens with one attached hydrogen (secondary N) is 2. The molecule has 11 heteroatoms. The third kappa shape index (κ3) is 6.99. The average molecular weight is 550 g/mol. The predicted molar refractivity (Wildman–Crippen MR) is 153 cm³/mol. The van der Waals surface area contributed by atoms with E-state index in [0.29, 0.717) is 36.1 Å². The number of fused-ring (bicyclic) bond motifs is 1. The summed E-state index contributed by atoms with van der Waals surface area (Å²) in [4.78, 5) is 44.3. The van der Waals surface area contributed by atoms with E-state index in [4.69, 9.17) is 5.73 Å². The smallest absolute Gasteiger partial charge is 0.260 e. The van der Waals surface area contributed by atoms with Gasteiger partial charge in [-0.1, -0.05) is 31.2 Å². The second-order valence-corrected chi connectivity index (χ2v) is 10.5. The van der Waals surface area contributed by atoms with Gasteiger partial charge in [-0.05, 0) is 48.4 Å². The summed E-state index contributed by atoms with van der Waals surface area (Å²) in [5.74, 6) is -0.786. The Hall–Kier alpha value is -3.80. The molecule has 4 N–H and O–H groups in total. The first-order chi connectivity index (χ1) is 18.8. The predicted octanol–water partition coefficient (Wildman–Crippen LogP) is 2.14. The molecule has 3 amide bonds. The van der Waals surface area contributed by atoms with E-state index in [0.717, 1.165) is 23.4 Å². The standard InChI is InChI=1S/C28H35N7O3S/c1-4-30-11-12-31-25(36)17-34(18-26(37)33(3)35-15-21-7-5-6-8-22(21)16-35)23-10-9-20(13-19(23)2)28-32-14-24(39-28)27(29)38/h5-10,13-14,30H,4,11-12,15-18H2,1-3H3,(H2,29,38)(H,31,36). The summed E-state index contributed by atoms with van der Waals surface area (Å²) in [5, 5.41) is 10.5. The second-order valence-electron chi connectivity index (χ2n) is 9.46. The molecule has 3 aromatic rings. The molecule has 10 nitrogen and oxygen atoms in total. The van der Waals surface area contributed by atoms with Crippen molar-refractivity contribution >= 4 is 34.7 Å². The van der Waals surface area contributed by atoms with E-state index in [-0.39, 0.29) is 24.9 Å². The fourth-order valence-corrected chi connectivity index (χ4v) is 5.30. The number of amides is 3. The highest BCUT2D eigenvalue weighted by molar-refractivity contribution is 7.16. The van der Waals surface area contributed by atoms with Crippen molar-refractivity contribution < 1.29 is 14.4 Å². The van der Waals surface area contributed by atoms with Gasteiger partial charge in [0.25, 0.3) is 11.8 Å². The lowest BCUT2D eigenvalue weighted by Gasteiger charge is -2.32. The maximum atomic E-state index is 13.5. The number of aryl methyl sites for hydroxylation is 1. The summed E-state index contributed by atoms with van der Waals surface area (Å²) in [7, 11) is 1.78. The van der Waals surface area contributed by atoms with E-state index in [9.17, 15) is 14.4 Å². The summed E-state index contributed by atoms with van der Waals surface area (Å²) in [5.41, 5.74) is 10.3. The van der Waals surface area contributed by atoms with Crippen LogP contribution >= 0.6 is 11.3 Å². The Bertz CT molecular complexity index is 1320. The van der Waals surface area contributed by atoms with Crippen molar-refractivity contribution in [3.8, 4) is 10.6 Å². The number of thiazole rings is 1. The molecule has 39 heavy (non-hydrogen) atoms. The van der Waals surface area contributed by atoms with Crippen LogP contribution in [-0.4, -0.2) is 72.5 Å². The van der Waals surface area contributed by atoms with Crippen LogP contribution in [0.2, 0.25) is 0 Å². The number of hydrogen-bond acceptors (Lipinski definition) is 8. The van der Waals surface area contributed by atoms with Gasteiger partial charge >= 0.3 is 0 Å². The molecule has 0 aliphatic carbocycles. The minimum absolute atomic E-state index is 0.0350. The van der Waals surface area contributed by atoms with Crippen molar-refractivity contribution in [2.75, 3.05) is 44.7 Å². The van der Waals surface area contributed by atoms with Crippen molar-refractivity contribution in [3.63, 3.8) is 0 Å². The van der Waals surface area contributed by atoms with Crippen molar-refractivity contribution in [3.05, 3.63) is 70.2 Å². The Kier molecular flexibility index (Phi) is 9.28. The molecule has 0 bridgehead atoms. The minimum atomic E-state index is -0.512. The highest BCUT2D eigenvalue weighted by Gasteiger charge is 2.27. The number of hydrogen-bond donors (Lipinski definition) is 3. The van der Waals surface area contributed by atoms with Crippen LogP contribution in [0.4, 0.5) is 5.69 Å². The minimum Gasteiger partial charge on any atom is -0.365 e. The van der Waals surface area contributed by atoms with Crippen LogP contribution in [0.5, 0.6) is 0 Å². The molecule has 1 aromatic heterocycles. The fourth-order valence-electron chi connectivity index (χ4n) is 4.54. The van der Waals surface area contributed by atoms with Crippen molar-refractivity contribution in [2.24, 2.45) is 5.73 Å². The molecule has 206 valence electrons. The Morgan fingerprint density at radius 3 is 2.41 bits per heavy atom. The molecule has 0 saturated carbocycles. The number of carbonyl (C=O) groups is 3. The first-order valence-corrected chi connectivity index (χ1v) is 13.8. The van der Waals surface area contributed by atoms with Crippen molar-refractivity contribution in [1.29, 1.82) is 0 Å². The summed E-state index contributed by atoms with van der Waals surface area (Å²) in [6.07, 6.45) is 1.47. The topological polar surface area (TPSA) is 124 Å². The summed E-state index contributed by atoms with van der Waals surface area (Å²) >= 11 is 1.23. The quantitative estimate of drug-likeness (QED) is 0.296. The maximum absolute atomic E-state index is 13.5. The van der Waals surface area contributed by atoms with Gasteiger partial charge in [0.15, 0.2) is 0 Å². The summed E-state index contributed by atoms with van der Waals surface area (Å²) < 4.78 is 0. The molecule has 2 aromatic carbocycles. The molecule has 1 aliphatic rings. The van der Waals surface area contributed by atoms with Gasteiger partial charge in [0.1, 0.15) is 9.88 Å². The monoisotopic (exact) mass is 549 g/mol. The molecule has 0 unspecified atom stereocenters. The molecular weight excluding hydrogens is 514 g/mol. The molecule has 0 radical (unpaired) electrons. The van der Waals surface area contributed by atoms with Gasteiger partial charge in [-0.25, -0.2) is 9.99 Å². The lowest BCUT2D eigenvalue weighted by Crippen LogP contribution is -2.48. The van der Waals surface area contributed by atoms with Gasteiger partial charge in [-0.3, -0.25) is 19.4 Å². The molecule has 2 heterocycles. The zero-order valence-corrected chi connectivity index (χ0v) is 23.4. The van der Waals surface area contributed by atoms with Crippen LogP contribution in [0.1, 0.15) is 33.3 Å². The Balaban J connectivity index is 1.51. The van der Waals surface area contributed by atoms with Gasteiger partial charge in [0.05, 0.1) is 19.3 Å². The van der Waals surface area contributed by atoms with E-state index < -0.39 is 5.91 Å². The normalized spacial score (nSPS) is 12.7. The number of carbonyl (C=O) groups excluding carboxylic acids is 3. The Morgan fingerprint density at radius 2 is 1.79 bits per heavy atom. The number of nitrogens with zero attached hydrogens (tertiary/aromatic N) is 4. The molecule has 0 fully saturated rings. The van der Waals surface area contributed by atoms with Crippen LogP contribution in [0.15, 0.2) is 48.7 Å². The van der Waals surface area contributed by atoms with E-state index in [1.807, 2.05) is 49.2 Å². The van der Waals surface area contributed by atoms with Gasteiger partial charge in [0.2, 0.25) is 5.91 Å². The highest BCUT2D eigenvalue weighted by atomic mass is 32.1. The van der Waals surface area contributed by atoms with E-state index >= 15 is 0 Å². The molecule has 1 aliphatic heterocycles. The van der Waals surface area contributed by atoms with Gasteiger partial charge in [-0.2, -0.15) is 0 Å². The second kappa shape index (κ2) is 12.8. The van der Waals surface area contributed by atoms with Crippen LogP contribution in [-0.2, 0) is 22.7 Å². The SMILES string of the molecule is CCNCCNC(=O)CN(CC(=O)N(C)N1Cc2ccccc2C1)c1ccc(-c2ncc(C(N)=O)s2)cc1C. The number of benzene rings is 2. The van der Waals surface area contributed by atoms with Crippen molar-refractivity contribution in [2.45, 2.75) is 26.9 Å². The zero-order valence-electron chi connectivity index (χ0n) is 22.6. The lowest BCUT2D eigenvalue weighted by atomic mass is 10.1. The Labute approximate surface area is 232 Å². The average Bonchev–Trinajstić information content (AvgIpc) is 3.58. The van der Waals surface area contributed by atoms with Gasteiger partial charge in [-0.15, -0.1) is 11.3 Å². The third-order valence-corrected chi connectivity index (χ3v) is 7.74. The van der Waals surface area contributed by atoms with Crippen LogP contribution in [0, 0.1) is 6.92 Å². The van der Waals surface area contributed by atoms with Crippen LogP contribution < -0.4 is 21.3 Å². The number of hydrazine groups is 1. The van der Waals surface area contributed by atoms with Crippen LogP contribution in [0.25, 0.3) is 10.6 Å². The fraction of sp³-hybridized carbons (Fsp3) is 0.357. The number of rotatable bonds is 12. The molecule has 0 saturated heterocycles. The number of primary amides is 1. The number of aromatic nitrogens is 1. The van der Waals surface area contributed by atoms with E-state index in [1.54, 1.807) is 17.0 Å². The van der Waals surface area contributed by atoms with Crippen molar-refractivity contribution in [1.82, 2.24) is 25.6 Å². The first kappa shape index (κ1) is 28.2. The van der Waals surface area contributed by atoms with Crippen LogP contribution in [0.3, 0.4) is 0 Å². The number of nitrogens with two attached hydrogens (primary N) is 1. The third-order valence-electron chi connectivity index (χ3n) is 6.68. The summed E-state index contributed by atoms with van der Waals surface area (Å²) in [6, 6.07) is 13.9. The zero-order chi connectivity index (χ0) is 27.9. The van der Waals surface area contributed by atoms with Gasteiger partial charge in [0, 0.05) is 44.5 Å². The Morgan fingerprint density at radius 1 is 1.08 bits per heavy atom. The number of anilines is 1. The first-order valence-electron chi connectivity index (χ1n) is 12.9. The number of likely N-dealkylation sites (N-methyl/N-ethyl adjacent to an activating group) is 2. The van der Waals surface area contributed by atoms with Gasteiger partial charge < -0.3 is 21.3 Å².